The average Bonchev–Trinajstić information content (AvgIpc) is 3.33. The Bertz CT molecular complexity index is 611. The van der Waals surface area contributed by atoms with E-state index >= 15 is 0 Å². The third kappa shape index (κ3) is 3.57. The fourth-order valence-electron chi connectivity index (χ4n) is 4.62. The molecule has 3 atom stereocenters. The fourth-order valence-corrected chi connectivity index (χ4v) is 4.62. The molecule has 136 valence electrons. The molecule has 0 aromatic heterocycles. The molecule has 0 radical (unpaired) electrons. The van der Waals surface area contributed by atoms with Crippen molar-refractivity contribution >= 4 is 5.91 Å². The minimum Gasteiger partial charge on any atom is -0.341 e. The molecule has 2 unspecified atom stereocenters. The van der Waals surface area contributed by atoms with Gasteiger partial charge >= 0.3 is 0 Å². The van der Waals surface area contributed by atoms with Gasteiger partial charge in [-0.05, 0) is 55.8 Å². The molecule has 4 rings (SSSR count). The van der Waals surface area contributed by atoms with Crippen LogP contribution in [0, 0.1) is 11.7 Å². The SMILES string of the molecule is O=C([C@@H]1CCCN1)N1CCC(C2NNCC2c2cccc(F)c2)CC1. The van der Waals surface area contributed by atoms with E-state index in [0.717, 1.165) is 57.4 Å². The van der Waals surface area contributed by atoms with E-state index in [4.69, 9.17) is 0 Å². The highest BCUT2D eigenvalue weighted by Crippen LogP contribution is 2.32. The van der Waals surface area contributed by atoms with Crippen molar-refractivity contribution in [1.82, 2.24) is 21.1 Å². The molecule has 0 aliphatic carbocycles. The lowest BCUT2D eigenvalue weighted by atomic mass is 9.80. The third-order valence-electron chi connectivity index (χ3n) is 6.02. The zero-order valence-electron chi connectivity index (χ0n) is 14.5. The van der Waals surface area contributed by atoms with Crippen molar-refractivity contribution < 1.29 is 9.18 Å². The van der Waals surface area contributed by atoms with Gasteiger partial charge in [-0.2, -0.15) is 0 Å². The molecule has 0 bridgehead atoms. The third-order valence-corrected chi connectivity index (χ3v) is 6.02. The van der Waals surface area contributed by atoms with Crippen molar-refractivity contribution in [2.75, 3.05) is 26.2 Å². The van der Waals surface area contributed by atoms with Gasteiger partial charge in [0.25, 0.3) is 0 Å². The summed E-state index contributed by atoms with van der Waals surface area (Å²) in [6.45, 7) is 3.44. The monoisotopic (exact) mass is 346 g/mol. The lowest BCUT2D eigenvalue weighted by Gasteiger charge is -2.37. The Kier molecular flexibility index (Phi) is 5.01. The van der Waals surface area contributed by atoms with Gasteiger partial charge in [0.05, 0.1) is 6.04 Å². The zero-order valence-corrected chi connectivity index (χ0v) is 14.5. The van der Waals surface area contributed by atoms with Gasteiger partial charge in [-0.15, -0.1) is 0 Å². The molecule has 1 aromatic carbocycles. The van der Waals surface area contributed by atoms with E-state index in [-0.39, 0.29) is 23.7 Å². The summed E-state index contributed by atoms with van der Waals surface area (Å²) in [5.74, 6) is 0.881. The molecule has 5 nitrogen and oxygen atoms in total. The summed E-state index contributed by atoms with van der Waals surface area (Å²) in [4.78, 5) is 14.6. The molecule has 6 heteroatoms. The number of piperidine rings is 1. The van der Waals surface area contributed by atoms with E-state index in [0.29, 0.717) is 12.0 Å². The largest absolute Gasteiger partial charge is 0.341 e. The highest BCUT2D eigenvalue weighted by Gasteiger charge is 2.38. The van der Waals surface area contributed by atoms with Gasteiger partial charge in [0.2, 0.25) is 5.91 Å². The Balaban J connectivity index is 1.37. The number of hydrogen-bond acceptors (Lipinski definition) is 4. The van der Waals surface area contributed by atoms with Gasteiger partial charge in [0.1, 0.15) is 5.82 Å². The summed E-state index contributed by atoms with van der Waals surface area (Å²) in [7, 11) is 0. The molecule has 0 saturated carbocycles. The van der Waals surface area contributed by atoms with Crippen molar-refractivity contribution in [3.8, 4) is 0 Å². The Hall–Kier alpha value is -1.50. The number of nitrogens with zero attached hydrogens (tertiary/aromatic N) is 1. The fraction of sp³-hybridized carbons (Fsp3) is 0.632. The van der Waals surface area contributed by atoms with E-state index in [9.17, 15) is 9.18 Å². The molecule has 3 aliphatic rings. The minimum atomic E-state index is -0.173. The molecule has 0 spiro atoms. The normalized spacial score (nSPS) is 30.8. The quantitative estimate of drug-likeness (QED) is 0.774. The van der Waals surface area contributed by atoms with Crippen LogP contribution in [0.5, 0.6) is 0 Å². The number of halogens is 1. The van der Waals surface area contributed by atoms with Crippen LogP contribution in [-0.2, 0) is 4.79 Å². The molecule has 1 amide bonds. The van der Waals surface area contributed by atoms with Gasteiger partial charge < -0.3 is 10.2 Å². The second kappa shape index (κ2) is 7.40. The number of likely N-dealkylation sites (tertiary alicyclic amines) is 1. The molecular formula is C19H27FN4O. The predicted molar refractivity (Wildman–Crippen MR) is 94.4 cm³/mol. The summed E-state index contributed by atoms with van der Waals surface area (Å²) < 4.78 is 13.6. The molecule has 3 aliphatic heterocycles. The number of nitrogens with one attached hydrogen (secondary N) is 3. The number of hydrogen-bond donors (Lipinski definition) is 3. The average molecular weight is 346 g/mol. The van der Waals surface area contributed by atoms with Crippen LogP contribution in [0.25, 0.3) is 0 Å². The summed E-state index contributed by atoms with van der Waals surface area (Å²) in [6, 6.07) is 7.27. The maximum atomic E-state index is 13.6. The molecule has 3 heterocycles. The number of amides is 1. The highest BCUT2D eigenvalue weighted by molar-refractivity contribution is 5.82. The van der Waals surface area contributed by atoms with E-state index in [2.05, 4.69) is 16.2 Å². The lowest BCUT2D eigenvalue weighted by molar-refractivity contribution is -0.134. The minimum absolute atomic E-state index is 0.0304. The highest BCUT2D eigenvalue weighted by atomic mass is 19.1. The van der Waals surface area contributed by atoms with E-state index in [1.807, 2.05) is 11.0 Å². The molecule has 3 N–H and O–H groups in total. The summed E-state index contributed by atoms with van der Waals surface area (Å²) in [5.41, 5.74) is 7.71. The van der Waals surface area contributed by atoms with E-state index in [1.165, 1.54) is 6.07 Å². The Morgan fingerprint density at radius 1 is 1.20 bits per heavy atom. The van der Waals surface area contributed by atoms with Gasteiger partial charge in [0, 0.05) is 31.6 Å². The maximum absolute atomic E-state index is 13.6. The Labute approximate surface area is 148 Å². The van der Waals surface area contributed by atoms with Gasteiger partial charge in [0.15, 0.2) is 0 Å². The molecule has 3 saturated heterocycles. The van der Waals surface area contributed by atoms with Crippen LogP contribution in [0.2, 0.25) is 0 Å². The van der Waals surface area contributed by atoms with Crippen LogP contribution in [0.3, 0.4) is 0 Å². The van der Waals surface area contributed by atoms with Gasteiger partial charge in [-0.3, -0.25) is 15.6 Å². The van der Waals surface area contributed by atoms with Crippen molar-refractivity contribution in [2.45, 2.75) is 43.7 Å². The first-order valence-corrected chi connectivity index (χ1v) is 9.48. The summed E-state index contributed by atoms with van der Waals surface area (Å²) >= 11 is 0. The summed E-state index contributed by atoms with van der Waals surface area (Å²) in [6.07, 6.45) is 4.07. The van der Waals surface area contributed by atoms with Crippen LogP contribution >= 0.6 is 0 Å². The maximum Gasteiger partial charge on any atom is 0.239 e. The first-order valence-electron chi connectivity index (χ1n) is 9.48. The first-order chi connectivity index (χ1) is 12.2. The van der Waals surface area contributed by atoms with Crippen LogP contribution in [0.4, 0.5) is 4.39 Å². The topological polar surface area (TPSA) is 56.4 Å². The van der Waals surface area contributed by atoms with Crippen molar-refractivity contribution in [1.29, 1.82) is 0 Å². The molecular weight excluding hydrogens is 319 g/mol. The van der Waals surface area contributed by atoms with Crippen LogP contribution in [-0.4, -0.2) is 49.1 Å². The number of hydrazine groups is 1. The van der Waals surface area contributed by atoms with Crippen molar-refractivity contribution in [3.05, 3.63) is 35.6 Å². The lowest BCUT2D eigenvalue weighted by Crippen LogP contribution is -2.49. The van der Waals surface area contributed by atoms with Crippen molar-refractivity contribution in [3.63, 3.8) is 0 Å². The second-order valence-electron chi connectivity index (χ2n) is 7.52. The predicted octanol–water partition coefficient (Wildman–Crippen LogP) is 1.38. The van der Waals surface area contributed by atoms with Gasteiger partial charge in [-0.1, -0.05) is 12.1 Å². The number of carbonyl (C=O) groups is 1. The number of benzene rings is 1. The Morgan fingerprint density at radius 3 is 2.76 bits per heavy atom. The number of rotatable bonds is 3. The van der Waals surface area contributed by atoms with Crippen molar-refractivity contribution in [2.24, 2.45) is 5.92 Å². The van der Waals surface area contributed by atoms with Gasteiger partial charge in [-0.25, -0.2) is 4.39 Å². The summed E-state index contributed by atoms with van der Waals surface area (Å²) in [5, 5.41) is 3.30. The van der Waals surface area contributed by atoms with E-state index in [1.54, 1.807) is 12.1 Å². The van der Waals surface area contributed by atoms with Crippen LogP contribution in [0.15, 0.2) is 24.3 Å². The smallest absolute Gasteiger partial charge is 0.239 e. The zero-order chi connectivity index (χ0) is 17.2. The Morgan fingerprint density at radius 2 is 2.04 bits per heavy atom. The first kappa shape index (κ1) is 16.9. The number of carbonyl (C=O) groups excluding carboxylic acids is 1. The standard InChI is InChI=1S/C19H27FN4O/c20-15-4-1-3-14(11-15)16-12-22-23-18(16)13-6-9-24(10-7-13)19(25)17-5-2-8-21-17/h1,3-4,11,13,16-18,21-23H,2,5-10,12H2/t16?,17-,18?/m0/s1. The molecule has 25 heavy (non-hydrogen) atoms. The molecule has 1 aromatic rings. The second-order valence-corrected chi connectivity index (χ2v) is 7.52. The van der Waals surface area contributed by atoms with Crippen LogP contribution in [0.1, 0.15) is 37.2 Å². The van der Waals surface area contributed by atoms with Crippen LogP contribution < -0.4 is 16.2 Å². The van der Waals surface area contributed by atoms with E-state index < -0.39 is 0 Å². The molecule has 3 fully saturated rings.